The van der Waals surface area contributed by atoms with Crippen LogP contribution in [0.1, 0.15) is 18.1 Å². The first kappa shape index (κ1) is 20.2. The molecule has 4 nitrogen and oxygen atoms in total. The summed E-state index contributed by atoms with van der Waals surface area (Å²) in [5.74, 6) is -0.191. The van der Waals surface area contributed by atoms with Crippen LogP contribution in [0.15, 0.2) is 24.3 Å². The van der Waals surface area contributed by atoms with Crippen LogP contribution >= 0.6 is 24.8 Å². The van der Waals surface area contributed by atoms with Crippen molar-refractivity contribution < 1.29 is 9.53 Å². The molecule has 0 radical (unpaired) electrons. The SMILES string of the molecule is COC(=O)Cc1ccc(CN2CCNC(C)C2)cc1.Cl.Cl. The number of halogens is 2. The molecule has 1 fully saturated rings. The number of rotatable bonds is 4. The van der Waals surface area contributed by atoms with Crippen LogP contribution in [-0.4, -0.2) is 43.7 Å². The molecule has 21 heavy (non-hydrogen) atoms. The zero-order valence-electron chi connectivity index (χ0n) is 12.5. The maximum atomic E-state index is 11.2. The van der Waals surface area contributed by atoms with Crippen molar-refractivity contribution in [3.05, 3.63) is 35.4 Å². The average molecular weight is 335 g/mol. The number of methoxy groups -OCH3 is 1. The number of nitrogens with zero attached hydrogens (tertiary/aromatic N) is 1. The molecule has 1 aromatic rings. The third-order valence-corrected chi connectivity index (χ3v) is 3.46. The van der Waals surface area contributed by atoms with Gasteiger partial charge in [-0.3, -0.25) is 9.69 Å². The Morgan fingerprint density at radius 1 is 1.29 bits per heavy atom. The third kappa shape index (κ3) is 6.66. The molecule has 1 heterocycles. The molecule has 0 amide bonds. The number of carbonyl (C=O) groups is 1. The molecule has 1 aliphatic rings. The van der Waals surface area contributed by atoms with Crippen LogP contribution < -0.4 is 5.32 Å². The number of ether oxygens (including phenoxy) is 1. The van der Waals surface area contributed by atoms with Gasteiger partial charge in [0.15, 0.2) is 0 Å². The Kier molecular flexibility index (Phi) is 9.62. The molecule has 1 aromatic carbocycles. The molecule has 1 unspecified atom stereocenters. The van der Waals surface area contributed by atoms with Crippen LogP contribution in [0, 0.1) is 0 Å². The monoisotopic (exact) mass is 334 g/mol. The van der Waals surface area contributed by atoms with Gasteiger partial charge < -0.3 is 10.1 Å². The lowest BCUT2D eigenvalue weighted by Crippen LogP contribution is -2.48. The van der Waals surface area contributed by atoms with E-state index >= 15 is 0 Å². The Labute approximate surface area is 139 Å². The molecule has 0 saturated carbocycles. The fraction of sp³-hybridized carbons (Fsp3) is 0.533. The minimum atomic E-state index is -0.191. The Morgan fingerprint density at radius 3 is 2.48 bits per heavy atom. The molecule has 6 heteroatoms. The summed E-state index contributed by atoms with van der Waals surface area (Å²) in [6.07, 6.45) is 0.349. The maximum absolute atomic E-state index is 11.2. The second kappa shape index (κ2) is 10.0. The topological polar surface area (TPSA) is 41.6 Å². The molecule has 2 rings (SSSR count). The molecule has 1 N–H and O–H groups in total. The number of benzene rings is 1. The van der Waals surface area contributed by atoms with Crippen molar-refractivity contribution in [3.8, 4) is 0 Å². The van der Waals surface area contributed by atoms with Gasteiger partial charge in [0, 0.05) is 32.2 Å². The summed E-state index contributed by atoms with van der Waals surface area (Å²) < 4.78 is 4.66. The smallest absolute Gasteiger partial charge is 0.309 e. The molecule has 1 aliphatic heterocycles. The molecular formula is C15H24Cl2N2O2. The van der Waals surface area contributed by atoms with E-state index in [0.29, 0.717) is 12.5 Å². The second-order valence-electron chi connectivity index (χ2n) is 5.16. The highest BCUT2D eigenvalue weighted by Crippen LogP contribution is 2.10. The summed E-state index contributed by atoms with van der Waals surface area (Å²) >= 11 is 0. The summed E-state index contributed by atoms with van der Waals surface area (Å²) in [5, 5.41) is 3.44. The fourth-order valence-corrected chi connectivity index (χ4v) is 2.42. The Morgan fingerprint density at radius 2 is 1.90 bits per heavy atom. The molecule has 1 atom stereocenters. The van der Waals surface area contributed by atoms with Gasteiger partial charge in [-0.15, -0.1) is 24.8 Å². The van der Waals surface area contributed by atoms with Gasteiger partial charge in [0.2, 0.25) is 0 Å². The van der Waals surface area contributed by atoms with Gasteiger partial charge in [0.25, 0.3) is 0 Å². The van der Waals surface area contributed by atoms with Gasteiger partial charge >= 0.3 is 5.97 Å². The van der Waals surface area contributed by atoms with Crippen LogP contribution in [0.2, 0.25) is 0 Å². The standard InChI is InChI=1S/C15H22N2O2.2ClH/c1-12-10-17(8-7-16-12)11-14-5-3-13(4-6-14)9-15(18)19-2;;/h3-6,12,16H,7-11H2,1-2H3;2*1H. The van der Waals surface area contributed by atoms with Crippen molar-refractivity contribution in [3.63, 3.8) is 0 Å². The van der Waals surface area contributed by atoms with Gasteiger partial charge in [-0.2, -0.15) is 0 Å². The van der Waals surface area contributed by atoms with E-state index in [9.17, 15) is 4.79 Å². The summed E-state index contributed by atoms with van der Waals surface area (Å²) in [4.78, 5) is 13.6. The van der Waals surface area contributed by atoms with Crippen molar-refractivity contribution in [1.29, 1.82) is 0 Å². The summed E-state index contributed by atoms with van der Waals surface area (Å²) in [6.45, 7) is 6.43. The fourth-order valence-electron chi connectivity index (χ4n) is 2.42. The lowest BCUT2D eigenvalue weighted by Gasteiger charge is -2.31. The van der Waals surface area contributed by atoms with Crippen molar-refractivity contribution in [1.82, 2.24) is 10.2 Å². The van der Waals surface area contributed by atoms with E-state index < -0.39 is 0 Å². The predicted molar refractivity (Wildman–Crippen MR) is 89.4 cm³/mol. The average Bonchev–Trinajstić information content (AvgIpc) is 2.41. The van der Waals surface area contributed by atoms with E-state index in [1.807, 2.05) is 12.1 Å². The third-order valence-electron chi connectivity index (χ3n) is 3.46. The van der Waals surface area contributed by atoms with Crippen LogP contribution in [0.3, 0.4) is 0 Å². The minimum absolute atomic E-state index is 0. The molecule has 0 aromatic heterocycles. The molecule has 120 valence electrons. The number of piperazine rings is 1. The van der Waals surface area contributed by atoms with Crippen LogP contribution in [-0.2, 0) is 22.5 Å². The van der Waals surface area contributed by atoms with Gasteiger partial charge in [-0.1, -0.05) is 24.3 Å². The minimum Gasteiger partial charge on any atom is -0.469 e. The Bertz CT molecular complexity index is 426. The molecular weight excluding hydrogens is 311 g/mol. The highest BCUT2D eigenvalue weighted by atomic mass is 35.5. The van der Waals surface area contributed by atoms with Crippen LogP contribution in [0.4, 0.5) is 0 Å². The van der Waals surface area contributed by atoms with Gasteiger partial charge in [0.05, 0.1) is 13.5 Å². The van der Waals surface area contributed by atoms with E-state index in [1.54, 1.807) is 0 Å². The number of carbonyl (C=O) groups excluding carboxylic acids is 1. The van der Waals surface area contributed by atoms with Crippen molar-refractivity contribution in [2.45, 2.75) is 25.9 Å². The number of esters is 1. The number of hydrogen-bond donors (Lipinski definition) is 1. The van der Waals surface area contributed by atoms with E-state index in [2.05, 4.69) is 34.0 Å². The van der Waals surface area contributed by atoms with Crippen LogP contribution in [0.25, 0.3) is 0 Å². The van der Waals surface area contributed by atoms with Crippen molar-refractivity contribution >= 4 is 30.8 Å². The van der Waals surface area contributed by atoms with Crippen molar-refractivity contribution in [2.75, 3.05) is 26.7 Å². The first-order valence-electron chi connectivity index (χ1n) is 6.78. The van der Waals surface area contributed by atoms with Gasteiger partial charge in [-0.05, 0) is 18.1 Å². The lowest BCUT2D eigenvalue weighted by molar-refractivity contribution is -0.139. The first-order valence-corrected chi connectivity index (χ1v) is 6.78. The largest absolute Gasteiger partial charge is 0.469 e. The van der Waals surface area contributed by atoms with E-state index in [1.165, 1.54) is 12.7 Å². The Hall–Kier alpha value is -0.810. The normalized spacial score (nSPS) is 18.3. The number of hydrogen-bond acceptors (Lipinski definition) is 4. The van der Waals surface area contributed by atoms with E-state index in [0.717, 1.165) is 31.7 Å². The summed E-state index contributed by atoms with van der Waals surface area (Å²) in [6, 6.07) is 8.79. The van der Waals surface area contributed by atoms with Crippen molar-refractivity contribution in [2.24, 2.45) is 0 Å². The second-order valence-corrected chi connectivity index (χ2v) is 5.16. The first-order chi connectivity index (χ1) is 9.17. The quantitative estimate of drug-likeness (QED) is 0.855. The molecule has 0 bridgehead atoms. The Balaban J connectivity index is 0.00000200. The summed E-state index contributed by atoms with van der Waals surface area (Å²) in [7, 11) is 1.42. The maximum Gasteiger partial charge on any atom is 0.309 e. The highest BCUT2D eigenvalue weighted by Gasteiger charge is 2.15. The molecule has 0 spiro atoms. The molecule has 1 saturated heterocycles. The van der Waals surface area contributed by atoms with E-state index in [-0.39, 0.29) is 30.8 Å². The van der Waals surface area contributed by atoms with Gasteiger partial charge in [-0.25, -0.2) is 0 Å². The zero-order valence-corrected chi connectivity index (χ0v) is 14.1. The van der Waals surface area contributed by atoms with E-state index in [4.69, 9.17) is 0 Å². The summed E-state index contributed by atoms with van der Waals surface area (Å²) in [5.41, 5.74) is 2.30. The van der Waals surface area contributed by atoms with Gasteiger partial charge in [0.1, 0.15) is 0 Å². The zero-order chi connectivity index (χ0) is 13.7. The van der Waals surface area contributed by atoms with Crippen LogP contribution in [0.5, 0.6) is 0 Å². The molecule has 0 aliphatic carbocycles. The highest BCUT2D eigenvalue weighted by molar-refractivity contribution is 5.85. The predicted octanol–water partition coefficient (Wildman–Crippen LogP) is 2.04. The lowest BCUT2D eigenvalue weighted by atomic mass is 10.1. The number of nitrogens with one attached hydrogen (secondary N) is 1.